The van der Waals surface area contributed by atoms with Crippen molar-refractivity contribution < 1.29 is 38.9 Å². The molecule has 240 valence electrons. The van der Waals surface area contributed by atoms with Crippen LogP contribution in [0.5, 0.6) is 0 Å². The van der Waals surface area contributed by atoms with Gasteiger partial charge in [0.25, 0.3) is 0 Å². The van der Waals surface area contributed by atoms with Gasteiger partial charge in [-0.15, -0.1) is 0 Å². The van der Waals surface area contributed by atoms with Crippen LogP contribution in [0.25, 0.3) is 22.1 Å². The Bertz CT molecular complexity index is 2020. The maximum atomic E-state index is 13.9. The molecule has 14 heteroatoms. The number of esters is 2. The number of carbonyl (C=O) groups excluding carboxylic acids is 4. The van der Waals surface area contributed by atoms with E-state index in [1.54, 1.807) is 64.6 Å². The lowest BCUT2D eigenvalue weighted by Gasteiger charge is -2.27. The predicted molar refractivity (Wildman–Crippen MR) is 164 cm³/mol. The Morgan fingerprint density at radius 3 is 1.26 bits per heavy atom. The maximum Gasteiger partial charge on any atom is 0.328 e. The molecule has 0 saturated heterocycles. The molecule has 2 heterocycles. The number of imidazole rings is 2. The highest BCUT2D eigenvalue weighted by Gasteiger charge is 2.43. The predicted octanol–water partition coefficient (Wildman–Crippen LogP) is 1.84. The Labute approximate surface area is 261 Å². The summed E-state index contributed by atoms with van der Waals surface area (Å²) < 4.78 is 15.2. The van der Waals surface area contributed by atoms with Crippen molar-refractivity contribution in [3.63, 3.8) is 0 Å². The van der Waals surface area contributed by atoms with Crippen molar-refractivity contribution >= 4 is 45.6 Å². The summed E-state index contributed by atoms with van der Waals surface area (Å²) in [5.41, 5.74) is 0.875. The zero-order valence-electron chi connectivity index (χ0n) is 26.0. The largest absolute Gasteiger partial charge is 0.504 e. The molecule has 46 heavy (non-hydrogen) atoms. The van der Waals surface area contributed by atoms with E-state index in [0.717, 1.165) is 14.2 Å². The van der Waals surface area contributed by atoms with Crippen molar-refractivity contribution in [2.45, 2.75) is 24.7 Å². The molecule has 14 nitrogen and oxygen atoms in total. The minimum absolute atomic E-state index is 0.291. The molecule has 2 aromatic carbocycles. The molecule has 0 spiro atoms. The molecule has 4 aromatic rings. The molecular weight excluding hydrogens is 600 g/mol. The summed E-state index contributed by atoms with van der Waals surface area (Å²) in [7, 11) is 8.53. The molecule has 1 aliphatic carbocycles. The van der Waals surface area contributed by atoms with Crippen LogP contribution in [0.3, 0.4) is 0 Å². The Kier molecular flexibility index (Phi) is 8.07. The second-order valence-electron chi connectivity index (χ2n) is 11.1. The van der Waals surface area contributed by atoms with E-state index in [2.05, 4.69) is 0 Å². The quantitative estimate of drug-likeness (QED) is 0.215. The van der Waals surface area contributed by atoms with E-state index in [-0.39, 0.29) is 11.4 Å². The molecule has 0 bridgehead atoms. The van der Waals surface area contributed by atoms with Gasteiger partial charge in [-0.3, -0.25) is 37.4 Å². The second kappa shape index (κ2) is 11.7. The van der Waals surface area contributed by atoms with Crippen LogP contribution >= 0.6 is 0 Å². The third-order valence-corrected chi connectivity index (χ3v) is 8.72. The van der Waals surface area contributed by atoms with E-state index in [0.29, 0.717) is 33.2 Å². The Balaban J connectivity index is 1.67. The molecule has 2 aromatic heterocycles. The number of Topliss-reactive ketones (excluding diaryl/α,β-unsaturated/α-hetero) is 2. The molecule has 0 fully saturated rings. The van der Waals surface area contributed by atoms with Gasteiger partial charge in [0.15, 0.2) is 11.5 Å². The lowest BCUT2D eigenvalue weighted by Crippen LogP contribution is -2.31. The Morgan fingerprint density at radius 2 is 0.935 bits per heavy atom. The van der Waals surface area contributed by atoms with Gasteiger partial charge in [-0.05, 0) is 35.4 Å². The molecule has 0 saturated carbocycles. The van der Waals surface area contributed by atoms with Gasteiger partial charge in [0.05, 0.1) is 60.3 Å². The number of allylic oxidation sites excluding steroid dienone is 2. The number of aliphatic hydroxyl groups is 2. The number of ether oxygens (including phenoxy) is 2. The van der Waals surface area contributed by atoms with Gasteiger partial charge in [0, 0.05) is 40.0 Å². The molecule has 0 aliphatic heterocycles. The van der Waals surface area contributed by atoms with Crippen LogP contribution in [-0.4, -0.2) is 66.2 Å². The van der Waals surface area contributed by atoms with Crippen LogP contribution in [0.4, 0.5) is 0 Å². The average molecular weight is 633 g/mol. The zero-order valence-corrected chi connectivity index (χ0v) is 26.0. The number of methoxy groups -OCH3 is 2. The van der Waals surface area contributed by atoms with Gasteiger partial charge in [0.1, 0.15) is 0 Å². The molecule has 1 aliphatic rings. The van der Waals surface area contributed by atoms with E-state index in [1.807, 2.05) is 0 Å². The highest BCUT2D eigenvalue weighted by molar-refractivity contribution is 6.24. The van der Waals surface area contributed by atoms with Gasteiger partial charge in [-0.2, -0.15) is 0 Å². The van der Waals surface area contributed by atoms with Gasteiger partial charge in [-0.1, -0.05) is 12.1 Å². The first-order valence-electron chi connectivity index (χ1n) is 14.1. The maximum absolute atomic E-state index is 13.9. The SMILES string of the molecule is COC(=O)CC(C1=C(O)C(=O)C(C(CC(=O)OC)c2ccc3c(c2)n(C)c(=O)n3C)=C(O)C1=O)c1ccc2c(c1)n(C)c(=O)n2C. The molecule has 0 amide bonds. The number of aliphatic hydroxyl groups excluding tert-OH is 2. The summed E-state index contributed by atoms with van der Waals surface area (Å²) in [4.78, 5) is 78.0. The minimum atomic E-state index is -1.26. The lowest BCUT2D eigenvalue weighted by molar-refractivity contribution is -0.142. The number of nitrogens with zero attached hydrogens (tertiary/aromatic N) is 4. The monoisotopic (exact) mass is 632 g/mol. The number of aryl methyl sites for hydroxylation is 4. The summed E-state index contributed by atoms with van der Waals surface area (Å²) in [5, 5.41) is 22.7. The summed E-state index contributed by atoms with van der Waals surface area (Å²) >= 11 is 0. The third-order valence-electron chi connectivity index (χ3n) is 8.72. The van der Waals surface area contributed by atoms with Crippen molar-refractivity contribution in [2.75, 3.05) is 14.2 Å². The molecule has 2 N–H and O–H groups in total. The van der Waals surface area contributed by atoms with Crippen LogP contribution in [0.15, 0.2) is 68.7 Å². The normalized spacial score (nSPS) is 15.2. The van der Waals surface area contributed by atoms with Crippen molar-refractivity contribution in [1.82, 2.24) is 18.3 Å². The average Bonchev–Trinajstić information content (AvgIpc) is 3.40. The first-order valence-corrected chi connectivity index (χ1v) is 14.1. The number of hydrogen-bond acceptors (Lipinski definition) is 10. The number of benzene rings is 2. The highest BCUT2D eigenvalue weighted by Crippen LogP contribution is 2.41. The summed E-state index contributed by atoms with van der Waals surface area (Å²) in [6, 6.07) is 9.40. The first-order chi connectivity index (χ1) is 21.7. The van der Waals surface area contributed by atoms with Gasteiger partial charge in [-0.25, -0.2) is 9.59 Å². The zero-order chi connectivity index (χ0) is 33.8. The fraction of sp³-hybridized carbons (Fsp3) is 0.312. The van der Waals surface area contributed by atoms with E-state index in [4.69, 9.17) is 9.47 Å². The summed E-state index contributed by atoms with van der Waals surface area (Å²) in [6.45, 7) is 0. The van der Waals surface area contributed by atoms with Crippen LogP contribution in [0.2, 0.25) is 0 Å². The second-order valence-corrected chi connectivity index (χ2v) is 11.1. The van der Waals surface area contributed by atoms with E-state index in [9.17, 15) is 39.0 Å². The van der Waals surface area contributed by atoms with Gasteiger partial charge in [0.2, 0.25) is 11.6 Å². The van der Waals surface area contributed by atoms with Crippen LogP contribution in [0.1, 0.15) is 35.8 Å². The van der Waals surface area contributed by atoms with Crippen LogP contribution in [-0.2, 0) is 56.8 Å². The van der Waals surface area contributed by atoms with Crippen molar-refractivity contribution in [2.24, 2.45) is 28.2 Å². The summed E-state index contributed by atoms with van der Waals surface area (Å²) in [5.74, 6) is -8.37. The Hall–Kier alpha value is -5.66. The summed E-state index contributed by atoms with van der Waals surface area (Å²) in [6.07, 6.45) is -0.984. The lowest BCUT2D eigenvalue weighted by atomic mass is 9.75. The number of carbonyl (C=O) groups is 4. The van der Waals surface area contributed by atoms with Gasteiger partial charge < -0.3 is 19.7 Å². The van der Waals surface area contributed by atoms with Crippen molar-refractivity contribution in [3.05, 3.63) is 91.2 Å². The number of hydrogen-bond donors (Lipinski definition) is 2. The highest BCUT2D eigenvalue weighted by atomic mass is 16.5. The van der Waals surface area contributed by atoms with E-state index in [1.165, 1.54) is 18.3 Å². The molecule has 0 radical (unpaired) electrons. The van der Waals surface area contributed by atoms with Gasteiger partial charge >= 0.3 is 23.3 Å². The Morgan fingerprint density at radius 1 is 0.609 bits per heavy atom. The standard InChI is InChI=1S/C32H32N4O10/c1-33-19-9-7-15(11-21(19)35(3)31(33)43)17(13-23(37)45-5)25-27(39)29(41)26(30(42)28(25)40)18(14-24(38)46-6)16-8-10-20-22(12-16)36(4)32(44)34(20)2/h7-12,17-18,39,42H,13-14H2,1-6H3. The van der Waals surface area contributed by atoms with E-state index >= 15 is 0 Å². The number of ketones is 2. The molecular formula is C32H32N4O10. The number of fused-ring (bicyclic) bond motifs is 2. The number of aromatic nitrogens is 4. The first kappa shape index (κ1) is 31.8. The fourth-order valence-electron chi connectivity index (χ4n) is 6.12. The number of rotatable bonds is 8. The topological polar surface area (TPSA) is 181 Å². The minimum Gasteiger partial charge on any atom is -0.504 e. The van der Waals surface area contributed by atoms with Crippen molar-refractivity contribution in [3.8, 4) is 0 Å². The third kappa shape index (κ3) is 4.91. The molecule has 5 rings (SSSR count). The van der Waals surface area contributed by atoms with E-state index < -0.39 is 70.8 Å². The smallest absolute Gasteiger partial charge is 0.328 e. The van der Waals surface area contributed by atoms with Crippen LogP contribution in [0, 0.1) is 0 Å². The molecule has 2 unspecified atom stereocenters. The van der Waals surface area contributed by atoms with Crippen LogP contribution < -0.4 is 11.4 Å². The molecule has 2 atom stereocenters. The van der Waals surface area contributed by atoms with Crippen molar-refractivity contribution in [1.29, 1.82) is 0 Å². The fourth-order valence-corrected chi connectivity index (χ4v) is 6.12.